The molecule has 4 heteroatoms. The van der Waals surface area contributed by atoms with E-state index < -0.39 is 10.9 Å². The van der Waals surface area contributed by atoms with Crippen molar-refractivity contribution in [1.82, 2.24) is 0 Å². The lowest BCUT2D eigenvalue weighted by molar-refractivity contribution is 0.191. The molecule has 1 N–H and O–H groups in total. The van der Waals surface area contributed by atoms with Crippen molar-refractivity contribution in [2.45, 2.75) is 37.8 Å². The smallest absolute Gasteiger partial charge is 0.137 e. The zero-order valence-electron chi connectivity index (χ0n) is 9.58. The number of aliphatic hydroxyl groups is 1. The van der Waals surface area contributed by atoms with E-state index in [-0.39, 0.29) is 6.10 Å². The molecule has 0 bridgehead atoms. The predicted octanol–water partition coefficient (Wildman–Crippen LogP) is 3.62. The molecule has 0 spiro atoms. The van der Waals surface area contributed by atoms with Gasteiger partial charge in [-0.1, -0.05) is 12.1 Å². The van der Waals surface area contributed by atoms with E-state index in [9.17, 15) is 5.11 Å². The molecule has 1 unspecified atom stereocenters. The molecule has 0 fully saturated rings. The van der Waals surface area contributed by atoms with E-state index in [1.165, 1.54) is 0 Å². The number of hydrogen-bond acceptors (Lipinski definition) is 2. The Labute approximate surface area is 106 Å². The second-order valence-corrected chi connectivity index (χ2v) is 5.13. The minimum Gasteiger partial charge on any atom is -0.491 e. The van der Waals surface area contributed by atoms with Crippen molar-refractivity contribution in [3.05, 3.63) is 29.3 Å². The van der Waals surface area contributed by atoms with E-state index in [1.54, 1.807) is 12.1 Å². The number of rotatable bonds is 4. The van der Waals surface area contributed by atoms with Crippen molar-refractivity contribution < 1.29 is 9.84 Å². The number of alkyl halides is 2. The second kappa shape index (κ2) is 5.76. The van der Waals surface area contributed by atoms with E-state index in [0.29, 0.717) is 5.56 Å². The molecule has 0 saturated heterocycles. The molecule has 2 nitrogen and oxygen atoms in total. The Morgan fingerprint density at radius 1 is 1.25 bits per heavy atom. The highest BCUT2D eigenvalue weighted by Gasteiger charge is 2.17. The van der Waals surface area contributed by atoms with Gasteiger partial charge in [-0.25, -0.2) is 0 Å². The van der Waals surface area contributed by atoms with Crippen LogP contribution in [-0.2, 0) is 0 Å². The molecule has 90 valence electrons. The van der Waals surface area contributed by atoms with Gasteiger partial charge in [-0.15, -0.1) is 23.2 Å². The van der Waals surface area contributed by atoms with Crippen LogP contribution in [0.15, 0.2) is 18.2 Å². The number of aryl methyl sites for hydroxylation is 1. The third-order valence-electron chi connectivity index (χ3n) is 2.16. The Bertz CT molecular complexity index is 351. The van der Waals surface area contributed by atoms with E-state index in [0.717, 1.165) is 11.3 Å². The molecule has 1 aromatic carbocycles. The van der Waals surface area contributed by atoms with Crippen LogP contribution in [0.3, 0.4) is 0 Å². The van der Waals surface area contributed by atoms with Crippen molar-refractivity contribution in [2.75, 3.05) is 0 Å². The van der Waals surface area contributed by atoms with Gasteiger partial charge in [0.05, 0.1) is 6.10 Å². The van der Waals surface area contributed by atoms with Gasteiger partial charge in [-0.2, -0.15) is 0 Å². The normalized spacial score (nSPS) is 13.2. The van der Waals surface area contributed by atoms with Crippen LogP contribution in [0.25, 0.3) is 0 Å². The first-order chi connectivity index (χ1) is 7.41. The molecule has 0 radical (unpaired) electrons. The van der Waals surface area contributed by atoms with Crippen LogP contribution in [0.4, 0.5) is 0 Å². The van der Waals surface area contributed by atoms with Crippen LogP contribution in [0, 0.1) is 6.92 Å². The van der Waals surface area contributed by atoms with E-state index in [4.69, 9.17) is 27.9 Å². The molecule has 1 atom stereocenters. The van der Waals surface area contributed by atoms with Crippen LogP contribution >= 0.6 is 23.2 Å². The summed E-state index contributed by atoms with van der Waals surface area (Å²) in [5, 5.41) is 9.73. The monoisotopic (exact) mass is 262 g/mol. The number of aliphatic hydroxyl groups excluding tert-OH is 1. The van der Waals surface area contributed by atoms with Gasteiger partial charge in [-0.05, 0) is 38.0 Å². The molecule has 0 aromatic heterocycles. The summed E-state index contributed by atoms with van der Waals surface area (Å²) in [7, 11) is 0. The van der Waals surface area contributed by atoms with Gasteiger partial charge in [0.25, 0.3) is 0 Å². The zero-order valence-corrected chi connectivity index (χ0v) is 11.1. The number of hydrogen-bond donors (Lipinski definition) is 1. The Balaban J connectivity index is 2.97. The summed E-state index contributed by atoms with van der Waals surface area (Å²) >= 11 is 11.3. The lowest BCUT2D eigenvalue weighted by atomic mass is 10.1. The quantitative estimate of drug-likeness (QED) is 0.841. The fraction of sp³-hybridized carbons (Fsp3) is 0.500. The maximum Gasteiger partial charge on any atom is 0.137 e. The lowest BCUT2D eigenvalue weighted by Crippen LogP contribution is -2.09. The van der Waals surface area contributed by atoms with Crippen molar-refractivity contribution in [1.29, 1.82) is 0 Å². The summed E-state index contributed by atoms with van der Waals surface area (Å²) in [5.41, 5.74) is 1.68. The molecule has 0 aliphatic carbocycles. The number of ether oxygens (including phenoxy) is 1. The fourth-order valence-electron chi connectivity index (χ4n) is 1.33. The summed E-state index contributed by atoms with van der Waals surface area (Å²) in [6.07, 6.45) is -0.799. The van der Waals surface area contributed by atoms with Crippen molar-refractivity contribution in [2.24, 2.45) is 0 Å². The largest absolute Gasteiger partial charge is 0.491 e. The Morgan fingerprint density at radius 3 is 2.38 bits per heavy atom. The third kappa shape index (κ3) is 3.55. The first kappa shape index (κ1) is 13.6. The average Bonchev–Trinajstić information content (AvgIpc) is 2.19. The molecule has 0 heterocycles. The van der Waals surface area contributed by atoms with Gasteiger partial charge >= 0.3 is 0 Å². The first-order valence-corrected chi connectivity index (χ1v) is 6.02. The summed E-state index contributed by atoms with van der Waals surface area (Å²) in [6, 6.07) is 5.45. The fourth-order valence-corrected chi connectivity index (χ4v) is 1.62. The Hall–Kier alpha value is -0.440. The highest BCUT2D eigenvalue weighted by molar-refractivity contribution is 6.44. The van der Waals surface area contributed by atoms with E-state index in [1.807, 2.05) is 26.8 Å². The van der Waals surface area contributed by atoms with Crippen LogP contribution in [0.2, 0.25) is 0 Å². The minimum atomic E-state index is -0.890. The maximum absolute atomic E-state index is 9.73. The van der Waals surface area contributed by atoms with Crippen LogP contribution in [0.1, 0.15) is 31.1 Å². The van der Waals surface area contributed by atoms with Gasteiger partial charge < -0.3 is 9.84 Å². The van der Waals surface area contributed by atoms with Gasteiger partial charge in [-0.3, -0.25) is 0 Å². The molecule has 1 rings (SSSR count). The van der Waals surface area contributed by atoms with Gasteiger partial charge in [0.15, 0.2) is 0 Å². The van der Waals surface area contributed by atoms with Gasteiger partial charge in [0.2, 0.25) is 0 Å². The molecule has 0 saturated carbocycles. The molecule has 0 amide bonds. The summed E-state index contributed by atoms with van der Waals surface area (Å²) in [4.78, 5) is -0.838. The molecule has 0 aliphatic heterocycles. The van der Waals surface area contributed by atoms with Crippen LogP contribution < -0.4 is 4.74 Å². The summed E-state index contributed by atoms with van der Waals surface area (Å²) < 4.78 is 5.62. The zero-order chi connectivity index (χ0) is 12.3. The number of halogens is 2. The molecule has 1 aromatic rings. The molecule has 16 heavy (non-hydrogen) atoms. The molecular formula is C12H16Cl2O2. The Morgan fingerprint density at radius 2 is 1.88 bits per heavy atom. The second-order valence-electron chi connectivity index (χ2n) is 3.97. The average molecular weight is 263 g/mol. The SMILES string of the molecule is Cc1ccc(C(O)C(Cl)Cl)cc1OC(C)C. The van der Waals surface area contributed by atoms with Gasteiger partial charge in [0.1, 0.15) is 16.7 Å². The van der Waals surface area contributed by atoms with Crippen molar-refractivity contribution >= 4 is 23.2 Å². The maximum atomic E-state index is 9.73. The van der Waals surface area contributed by atoms with Crippen molar-refractivity contribution in [3.8, 4) is 5.75 Å². The van der Waals surface area contributed by atoms with E-state index >= 15 is 0 Å². The third-order valence-corrected chi connectivity index (χ3v) is 2.63. The Kier molecular flexibility index (Phi) is 4.90. The summed E-state index contributed by atoms with van der Waals surface area (Å²) in [6.45, 7) is 5.86. The highest BCUT2D eigenvalue weighted by Crippen LogP contribution is 2.29. The molecular weight excluding hydrogens is 247 g/mol. The topological polar surface area (TPSA) is 29.5 Å². The van der Waals surface area contributed by atoms with E-state index in [2.05, 4.69) is 0 Å². The summed E-state index contributed by atoms with van der Waals surface area (Å²) in [5.74, 6) is 0.750. The molecule has 0 aliphatic rings. The predicted molar refractivity (Wildman–Crippen MR) is 67.4 cm³/mol. The van der Waals surface area contributed by atoms with Crippen LogP contribution in [0.5, 0.6) is 5.75 Å². The van der Waals surface area contributed by atoms with Gasteiger partial charge in [0, 0.05) is 0 Å². The first-order valence-electron chi connectivity index (χ1n) is 5.15. The number of benzene rings is 1. The standard InChI is InChI=1S/C12H16Cl2O2/c1-7(2)16-10-6-9(5-4-8(10)3)11(15)12(13)14/h4-7,11-12,15H,1-3H3. The van der Waals surface area contributed by atoms with Crippen LogP contribution in [-0.4, -0.2) is 16.0 Å². The minimum absolute atomic E-state index is 0.0916. The highest BCUT2D eigenvalue weighted by atomic mass is 35.5. The van der Waals surface area contributed by atoms with Crippen molar-refractivity contribution in [3.63, 3.8) is 0 Å². The lowest BCUT2D eigenvalue weighted by Gasteiger charge is -2.16.